The molecule has 0 radical (unpaired) electrons. The Balaban J connectivity index is 2.06. The minimum atomic E-state index is -4.38. The number of hydrogen-bond donors (Lipinski definition) is 0. The van der Waals surface area contributed by atoms with E-state index in [0.717, 1.165) is 46.4 Å². The molecule has 0 atom stereocenters. The number of hydrogen-bond acceptors (Lipinski definition) is 4. The maximum atomic E-state index is 12.9. The van der Waals surface area contributed by atoms with Gasteiger partial charge in [-0.3, -0.25) is 13.9 Å². The highest BCUT2D eigenvalue weighted by atomic mass is 32.2. The van der Waals surface area contributed by atoms with Gasteiger partial charge < -0.3 is 0 Å². The number of pyridine rings is 1. The normalized spacial score (nSPS) is 11.9. The van der Waals surface area contributed by atoms with E-state index >= 15 is 0 Å². The van der Waals surface area contributed by atoms with Gasteiger partial charge in [0.15, 0.2) is 0 Å². The fourth-order valence-electron chi connectivity index (χ4n) is 3.20. The molecule has 0 bridgehead atoms. The number of thioether (sulfide) groups is 1. The average Bonchev–Trinajstić information content (AvgIpc) is 2.72. The third-order valence-electron chi connectivity index (χ3n) is 4.96. The van der Waals surface area contributed by atoms with Crippen LogP contribution < -0.4 is 11.2 Å². The SMILES string of the molecule is CCCCc1cnc2c(c1SCc1ccc(C(F)(F)F)cc1)c(=O)n(C)c(=O)n2C. The van der Waals surface area contributed by atoms with Crippen molar-refractivity contribution in [3.05, 3.63) is 68.0 Å². The van der Waals surface area contributed by atoms with Gasteiger partial charge in [0.05, 0.1) is 10.9 Å². The lowest BCUT2D eigenvalue weighted by Crippen LogP contribution is -2.37. The topological polar surface area (TPSA) is 56.9 Å². The van der Waals surface area contributed by atoms with Gasteiger partial charge in [-0.2, -0.15) is 13.2 Å². The van der Waals surface area contributed by atoms with E-state index in [-0.39, 0.29) is 0 Å². The Hall–Kier alpha value is -2.55. The van der Waals surface area contributed by atoms with Gasteiger partial charge in [-0.25, -0.2) is 9.78 Å². The van der Waals surface area contributed by atoms with Crippen LogP contribution in [0.25, 0.3) is 11.0 Å². The first-order valence-corrected chi connectivity index (χ1v) is 10.5. The van der Waals surface area contributed by atoms with Crippen molar-refractivity contribution in [1.82, 2.24) is 14.1 Å². The number of aryl methyl sites for hydroxylation is 2. The lowest BCUT2D eigenvalue weighted by molar-refractivity contribution is -0.137. The molecule has 2 aromatic heterocycles. The molecule has 3 aromatic rings. The highest BCUT2D eigenvalue weighted by molar-refractivity contribution is 7.98. The molecule has 9 heteroatoms. The van der Waals surface area contributed by atoms with Gasteiger partial charge in [-0.05, 0) is 36.1 Å². The zero-order chi connectivity index (χ0) is 22.1. The van der Waals surface area contributed by atoms with Crippen LogP contribution in [0, 0.1) is 0 Å². The van der Waals surface area contributed by atoms with Crippen molar-refractivity contribution >= 4 is 22.8 Å². The summed E-state index contributed by atoms with van der Waals surface area (Å²) in [5.41, 5.74) is 0.336. The van der Waals surface area contributed by atoms with Gasteiger partial charge in [0.2, 0.25) is 0 Å². The molecule has 160 valence electrons. The summed E-state index contributed by atoms with van der Waals surface area (Å²) in [5, 5.41) is 0.366. The molecule has 0 aliphatic rings. The van der Waals surface area contributed by atoms with Crippen molar-refractivity contribution in [2.45, 2.75) is 43.0 Å². The molecule has 5 nitrogen and oxygen atoms in total. The van der Waals surface area contributed by atoms with E-state index in [4.69, 9.17) is 0 Å². The van der Waals surface area contributed by atoms with Crippen molar-refractivity contribution in [3.63, 3.8) is 0 Å². The second kappa shape index (κ2) is 8.67. The van der Waals surface area contributed by atoms with Crippen LogP contribution in [-0.2, 0) is 32.4 Å². The van der Waals surface area contributed by atoms with E-state index in [2.05, 4.69) is 11.9 Å². The summed E-state index contributed by atoms with van der Waals surface area (Å²) in [6, 6.07) is 5.00. The van der Waals surface area contributed by atoms with Gasteiger partial charge in [0.1, 0.15) is 5.65 Å². The Labute approximate surface area is 175 Å². The summed E-state index contributed by atoms with van der Waals surface area (Å²) < 4.78 is 40.8. The number of nitrogens with zero attached hydrogens (tertiary/aromatic N) is 3. The van der Waals surface area contributed by atoms with Crippen LogP contribution in [0.5, 0.6) is 0 Å². The van der Waals surface area contributed by atoms with Gasteiger partial charge in [-0.1, -0.05) is 25.5 Å². The minimum absolute atomic E-state index is 0.304. The van der Waals surface area contributed by atoms with Crippen molar-refractivity contribution < 1.29 is 13.2 Å². The van der Waals surface area contributed by atoms with Crippen molar-refractivity contribution in [1.29, 1.82) is 0 Å². The van der Waals surface area contributed by atoms with Crippen LogP contribution in [-0.4, -0.2) is 14.1 Å². The second-order valence-corrected chi connectivity index (χ2v) is 8.09. The van der Waals surface area contributed by atoms with Crippen LogP contribution >= 0.6 is 11.8 Å². The van der Waals surface area contributed by atoms with Gasteiger partial charge in [-0.15, -0.1) is 11.8 Å². The molecule has 0 aliphatic heterocycles. The standard InChI is InChI=1S/C21H22F3N3O2S/c1-4-5-6-14-11-25-18-16(19(28)27(3)20(29)26(18)2)17(14)30-12-13-7-9-15(10-8-13)21(22,23)24/h7-11H,4-6,12H2,1-3H3. The quantitative estimate of drug-likeness (QED) is 0.540. The van der Waals surface area contributed by atoms with Crippen LogP contribution in [0.15, 0.2) is 44.9 Å². The van der Waals surface area contributed by atoms with Crippen molar-refractivity contribution in [2.75, 3.05) is 0 Å². The number of rotatable bonds is 6. The molecule has 0 saturated carbocycles. The molecule has 2 heterocycles. The Bertz CT molecular complexity index is 1180. The number of fused-ring (bicyclic) bond motifs is 1. The summed E-state index contributed by atoms with van der Waals surface area (Å²) in [7, 11) is 2.99. The molecular weight excluding hydrogens is 415 g/mol. The van der Waals surface area contributed by atoms with E-state index < -0.39 is 23.0 Å². The third kappa shape index (κ3) is 4.30. The molecular formula is C21H22F3N3O2S. The zero-order valence-corrected chi connectivity index (χ0v) is 17.7. The molecule has 0 unspecified atom stereocenters. The predicted octanol–water partition coefficient (Wildman–Crippen LogP) is 4.29. The largest absolute Gasteiger partial charge is 0.416 e. The zero-order valence-electron chi connectivity index (χ0n) is 16.9. The van der Waals surface area contributed by atoms with Crippen LogP contribution in [0.1, 0.15) is 36.5 Å². The smallest absolute Gasteiger partial charge is 0.280 e. The van der Waals surface area contributed by atoms with Crippen molar-refractivity contribution in [2.24, 2.45) is 14.1 Å². The number of aromatic nitrogens is 3. The molecule has 0 amide bonds. The molecule has 0 N–H and O–H groups in total. The van der Waals surface area contributed by atoms with Crippen LogP contribution in [0.4, 0.5) is 13.2 Å². The minimum Gasteiger partial charge on any atom is -0.280 e. The van der Waals surface area contributed by atoms with E-state index in [1.165, 1.54) is 35.5 Å². The molecule has 0 spiro atoms. The Morgan fingerprint density at radius 2 is 1.73 bits per heavy atom. The third-order valence-corrected chi connectivity index (χ3v) is 6.19. The summed E-state index contributed by atoms with van der Waals surface area (Å²) in [6.07, 6.45) is -0.0938. The highest BCUT2D eigenvalue weighted by Gasteiger charge is 2.30. The lowest BCUT2D eigenvalue weighted by atomic mass is 10.1. The molecule has 30 heavy (non-hydrogen) atoms. The number of benzene rings is 1. The van der Waals surface area contributed by atoms with Gasteiger partial charge in [0.25, 0.3) is 5.56 Å². The van der Waals surface area contributed by atoms with E-state index in [1.54, 1.807) is 13.2 Å². The summed E-state index contributed by atoms with van der Waals surface area (Å²) in [4.78, 5) is 30.2. The lowest BCUT2D eigenvalue weighted by Gasteiger charge is -2.14. The van der Waals surface area contributed by atoms with Crippen LogP contribution in [0.3, 0.4) is 0 Å². The molecule has 3 rings (SSSR count). The Morgan fingerprint density at radius 1 is 1.07 bits per heavy atom. The molecule has 1 aromatic carbocycles. The molecule has 0 saturated heterocycles. The monoisotopic (exact) mass is 437 g/mol. The first kappa shape index (κ1) is 22.1. The number of unbranched alkanes of at least 4 members (excludes halogenated alkanes) is 1. The fraction of sp³-hybridized carbons (Fsp3) is 0.381. The Morgan fingerprint density at radius 3 is 2.33 bits per heavy atom. The summed E-state index contributed by atoms with van der Waals surface area (Å²) in [6.45, 7) is 2.06. The fourth-order valence-corrected chi connectivity index (χ4v) is 4.36. The highest BCUT2D eigenvalue weighted by Crippen LogP contribution is 2.33. The summed E-state index contributed by atoms with van der Waals surface area (Å²) >= 11 is 1.38. The van der Waals surface area contributed by atoms with Crippen LogP contribution in [0.2, 0.25) is 0 Å². The average molecular weight is 437 g/mol. The Kier molecular flexibility index (Phi) is 6.40. The van der Waals surface area contributed by atoms with Gasteiger partial charge >= 0.3 is 11.9 Å². The second-order valence-electron chi connectivity index (χ2n) is 7.10. The first-order valence-electron chi connectivity index (χ1n) is 9.51. The summed E-state index contributed by atoms with van der Waals surface area (Å²) in [5.74, 6) is 0.391. The predicted molar refractivity (Wildman–Crippen MR) is 112 cm³/mol. The van der Waals surface area contributed by atoms with E-state index in [1.807, 2.05) is 0 Å². The molecule has 0 fully saturated rings. The maximum absolute atomic E-state index is 12.9. The number of alkyl halides is 3. The van der Waals surface area contributed by atoms with Crippen molar-refractivity contribution in [3.8, 4) is 0 Å². The van der Waals surface area contributed by atoms with E-state index in [0.29, 0.717) is 22.3 Å². The van der Waals surface area contributed by atoms with E-state index in [9.17, 15) is 22.8 Å². The maximum Gasteiger partial charge on any atom is 0.416 e. The molecule has 0 aliphatic carbocycles. The van der Waals surface area contributed by atoms with Gasteiger partial charge in [0, 0.05) is 30.9 Å². The number of halogens is 3. The first-order chi connectivity index (χ1) is 14.1.